The smallest absolute Gasteiger partial charge is 0.267 e. The second-order valence-electron chi connectivity index (χ2n) is 7.29. The van der Waals surface area contributed by atoms with Crippen LogP contribution in [0.25, 0.3) is 0 Å². The van der Waals surface area contributed by atoms with Crippen molar-refractivity contribution in [2.24, 2.45) is 0 Å². The Hall–Kier alpha value is -2.64. The number of halogens is 4. The monoisotopic (exact) mass is 525 g/mol. The van der Waals surface area contributed by atoms with Crippen molar-refractivity contribution < 1.29 is 24.5 Å². The van der Waals surface area contributed by atoms with Crippen LogP contribution in [0.4, 0.5) is 5.69 Å². The van der Waals surface area contributed by atoms with Crippen molar-refractivity contribution in [3.8, 4) is 17.2 Å². The molecular formula is C23H15Cl4NO5. The van der Waals surface area contributed by atoms with Gasteiger partial charge in [-0.3, -0.25) is 9.59 Å². The second-order valence-corrected chi connectivity index (χ2v) is 8.80. The Morgan fingerprint density at radius 2 is 1.39 bits per heavy atom. The van der Waals surface area contributed by atoms with Gasteiger partial charge in [0, 0.05) is 0 Å². The molecule has 10 heteroatoms. The Balaban J connectivity index is 1.63. The Morgan fingerprint density at radius 3 is 1.97 bits per heavy atom. The number of amides is 2. The van der Waals surface area contributed by atoms with Gasteiger partial charge >= 0.3 is 0 Å². The third kappa shape index (κ3) is 3.97. The van der Waals surface area contributed by atoms with Crippen LogP contribution in [-0.2, 0) is 12.8 Å². The molecule has 2 N–H and O–H groups in total. The minimum atomic E-state index is -0.647. The van der Waals surface area contributed by atoms with E-state index in [0.717, 1.165) is 16.0 Å². The minimum Gasteiger partial charge on any atom is -0.504 e. The van der Waals surface area contributed by atoms with Crippen LogP contribution in [-0.4, -0.2) is 29.1 Å². The normalized spacial score (nSPS) is 12.9. The van der Waals surface area contributed by atoms with Crippen molar-refractivity contribution >= 4 is 63.9 Å². The lowest BCUT2D eigenvalue weighted by atomic mass is 10.0. The van der Waals surface area contributed by atoms with Gasteiger partial charge in [-0.2, -0.15) is 0 Å². The topological polar surface area (TPSA) is 87.1 Å². The number of carbonyl (C=O) groups is 2. The number of fused-ring (bicyclic) bond motifs is 1. The highest BCUT2D eigenvalue weighted by Gasteiger charge is 2.42. The number of hydrogen-bond donors (Lipinski definition) is 2. The Bertz CT molecular complexity index is 1280. The molecule has 0 bridgehead atoms. The molecule has 0 radical (unpaired) electrons. The zero-order chi connectivity index (χ0) is 24.0. The summed E-state index contributed by atoms with van der Waals surface area (Å²) in [7, 11) is 1.39. The first kappa shape index (κ1) is 23.5. The molecule has 0 saturated carbocycles. The number of phenols is 2. The largest absolute Gasteiger partial charge is 0.504 e. The van der Waals surface area contributed by atoms with Gasteiger partial charge in [-0.1, -0.05) is 58.5 Å². The summed E-state index contributed by atoms with van der Waals surface area (Å²) in [5.41, 5.74) is 1.72. The standard InChI is InChI=1S/C23H15Cl4NO5/c1-33-14-9-11(8-13(29)21(14)30)6-5-10-3-2-4-12(7-10)28-22(31)15-16(23(28)32)18(25)20(27)19(26)17(15)24/h2-4,7-9,29-30H,5-6H2,1H3. The molecule has 0 aliphatic carbocycles. The predicted octanol–water partition coefficient (Wildman–Crippen LogP) is 6.31. The maximum atomic E-state index is 13.1. The summed E-state index contributed by atoms with van der Waals surface area (Å²) in [5.74, 6) is -1.74. The molecule has 3 aromatic rings. The Labute approximate surface area is 208 Å². The molecule has 1 heterocycles. The summed E-state index contributed by atoms with van der Waals surface area (Å²) in [4.78, 5) is 27.1. The number of carbonyl (C=O) groups excluding carboxylic acids is 2. The summed E-state index contributed by atoms with van der Waals surface area (Å²) < 4.78 is 5.06. The van der Waals surface area contributed by atoms with Crippen LogP contribution in [0, 0.1) is 0 Å². The molecule has 3 aromatic carbocycles. The predicted molar refractivity (Wildman–Crippen MR) is 128 cm³/mol. The number of nitrogens with zero attached hydrogens (tertiary/aromatic N) is 1. The third-order valence-electron chi connectivity index (χ3n) is 5.31. The molecule has 1 aliphatic heterocycles. The van der Waals surface area contributed by atoms with Crippen LogP contribution in [0.2, 0.25) is 20.1 Å². The van der Waals surface area contributed by atoms with E-state index >= 15 is 0 Å². The number of aryl methyl sites for hydroxylation is 2. The highest BCUT2D eigenvalue weighted by Crippen LogP contribution is 2.45. The van der Waals surface area contributed by atoms with Crippen LogP contribution < -0.4 is 9.64 Å². The highest BCUT2D eigenvalue weighted by molar-refractivity contribution is 6.56. The van der Waals surface area contributed by atoms with E-state index in [1.54, 1.807) is 24.3 Å². The molecule has 6 nitrogen and oxygen atoms in total. The van der Waals surface area contributed by atoms with E-state index in [-0.39, 0.29) is 48.5 Å². The van der Waals surface area contributed by atoms with Crippen LogP contribution >= 0.6 is 46.4 Å². The Kier molecular flexibility index (Phi) is 6.38. The maximum Gasteiger partial charge on any atom is 0.267 e. The number of hydrogen-bond acceptors (Lipinski definition) is 5. The first-order chi connectivity index (χ1) is 15.6. The number of benzene rings is 3. The van der Waals surface area contributed by atoms with Crippen LogP contribution in [0.15, 0.2) is 36.4 Å². The molecule has 0 spiro atoms. The van der Waals surface area contributed by atoms with Gasteiger partial charge in [0.1, 0.15) is 0 Å². The lowest BCUT2D eigenvalue weighted by Crippen LogP contribution is -2.29. The molecule has 170 valence electrons. The molecule has 4 rings (SSSR count). The summed E-state index contributed by atoms with van der Waals surface area (Å²) in [5, 5.41) is 19.2. The number of anilines is 1. The molecule has 0 aromatic heterocycles. The average Bonchev–Trinajstić information content (AvgIpc) is 3.07. The first-order valence-corrected chi connectivity index (χ1v) is 11.1. The van der Waals surface area contributed by atoms with Gasteiger partial charge in [0.25, 0.3) is 11.8 Å². The van der Waals surface area contributed by atoms with Gasteiger partial charge in [-0.25, -0.2) is 4.90 Å². The third-order valence-corrected chi connectivity index (χ3v) is 7.11. The second kappa shape index (κ2) is 8.95. The lowest BCUT2D eigenvalue weighted by Gasteiger charge is -2.15. The summed E-state index contributed by atoms with van der Waals surface area (Å²) in [6.45, 7) is 0. The molecule has 33 heavy (non-hydrogen) atoms. The summed E-state index contributed by atoms with van der Waals surface area (Å²) in [6, 6.07) is 9.94. The maximum absolute atomic E-state index is 13.1. The number of aromatic hydroxyl groups is 2. The Morgan fingerprint density at radius 1 is 0.818 bits per heavy atom. The fraction of sp³-hybridized carbons (Fsp3) is 0.130. The number of ether oxygens (including phenoxy) is 1. The fourth-order valence-electron chi connectivity index (χ4n) is 3.67. The van der Waals surface area contributed by atoms with Gasteiger partial charge in [-0.05, 0) is 48.2 Å². The van der Waals surface area contributed by atoms with Gasteiger partial charge < -0.3 is 14.9 Å². The molecule has 2 amide bonds. The van der Waals surface area contributed by atoms with E-state index in [2.05, 4.69) is 0 Å². The van der Waals surface area contributed by atoms with Crippen molar-refractivity contribution in [2.75, 3.05) is 12.0 Å². The first-order valence-electron chi connectivity index (χ1n) is 9.58. The summed E-state index contributed by atoms with van der Waals surface area (Å²) in [6.07, 6.45) is 1.02. The van der Waals surface area contributed by atoms with Gasteiger partial charge in [0.2, 0.25) is 5.75 Å². The van der Waals surface area contributed by atoms with E-state index in [0.29, 0.717) is 18.5 Å². The van der Waals surface area contributed by atoms with Crippen molar-refractivity contribution in [1.29, 1.82) is 0 Å². The lowest BCUT2D eigenvalue weighted by molar-refractivity contribution is 0.0926. The summed E-state index contributed by atoms with van der Waals surface area (Å²) >= 11 is 24.5. The van der Waals surface area contributed by atoms with Crippen molar-refractivity contribution in [1.82, 2.24) is 0 Å². The van der Waals surface area contributed by atoms with Crippen molar-refractivity contribution in [2.45, 2.75) is 12.8 Å². The molecule has 1 aliphatic rings. The van der Waals surface area contributed by atoms with E-state index in [9.17, 15) is 19.8 Å². The van der Waals surface area contributed by atoms with Crippen LogP contribution in [0.1, 0.15) is 31.8 Å². The van der Waals surface area contributed by atoms with Crippen LogP contribution in [0.3, 0.4) is 0 Å². The number of imide groups is 1. The van der Waals surface area contributed by atoms with E-state index in [1.165, 1.54) is 13.2 Å². The molecule has 0 saturated heterocycles. The quantitative estimate of drug-likeness (QED) is 0.176. The van der Waals surface area contributed by atoms with E-state index in [4.69, 9.17) is 51.1 Å². The van der Waals surface area contributed by atoms with Gasteiger partial charge in [-0.15, -0.1) is 0 Å². The zero-order valence-corrected chi connectivity index (χ0v) is 20.0. The van der Waals surface area contributed by atoms with Gasteiger partial charge in [0.05, 0.1) is 44.0 Å². The number of rotatable bonds is 5. The van der Waals surface area contributed by atoms with Crippen molar-refractivity contribution in [3.63, 3.8) is 0 Å². The molecule has 0 atom stereocenters. The fourth-order valence-corrected chi connectivity index (χ4v) is 4.69. The zero-order valence-electron chi connectivity index (χ0n) is 17.0. The number of phenolic OH excluding ortho intramolecular Hbond substituents is 2. The highest BCUT2D eigenvalue weighted by atomic mass is 35.5. The molecule has 0 fully saturated rings. The van der Waals surface area contributed by atoms with E-state index < -0.39 is 11.8 Å². The minimum absolute atomic E-state index is 0.0851. The van der Waals surface area contributed by atoms with Gasteiger partial charge in [0.15, 0.2) is 11.5 Å². The average molecular weight is 527 g/mol. The molecule has 0 unspecified atom stereocenters. The SMILES string of the molecule is COc1cc(CCc2cccc(N3C(=O)c4c(Cl)c(Cl)c(Cl)c(Cl)c4C3=O)c2)cc(O)c1O. The number of methoxy groups -OCH3 is 1. The van der Waals surface area contributed by atoms with Crippen LogP contribution in [0.5, 0.6) is 17.2 Å². The van der Waals surface area contributed by atoms with Crippen molar-refractivity contribution in [3.05, 3.63) is 78.7 Å². The molecular weight excluding hydrogens is 512 g/mol. The van der Waals surface area contributed by atoms with E-state index in [1.807, 2.05) is 6.07 Å².